The molecule has 1 aliphatic heterocycles. The molecule has 1 heterocycles. The molecule has 0 spiro atoms. The molecule has 2 rings (SSSR count). The second-order valence-corrected chi connectivity index (χ2v) is 7.00. The number of carbonyl (C=O) groups is 1. The van der Waals surface area contributed by atoms with E-state index in [2.05, 4.69) is 31.1 Å². The van der Waals surface area contributed by atoms with Crippen LogP contribution in [-0.2, 0) is 4.79 Å². The molecule has 0 bridgehead atoms. The Morgan fingerprint density at radius 3 is 2.32 bits per heavy atom. The normalized spacial score (nSPS) is 25.5. The van der Waals surface area contributed by atoms with Crippen molar-refractivity contribution >= 4 is 5.91 Å². The van der Waals surface area contributed by atoms with Crippen LogP contribution in [0.3, 0.4) is 0 Å². The summed E-state index contributed by atoms with van der Waals surface area (Å²) in [5, 5.41) is 3.46. The number of likely N-dealkylation sites (N-methyl/N-ethyl adjacent to an activating group) is 1. The van der Waals surface area contributed by atoms with Gasteiger partial charge in [-0.2, -0.15) is 0 Å². The van der Waals surface area contributed by atoms with Gasteiger partial charge in [0.1, 0.15) is 0 Å². The molecule has 19 heavy (non-hydrogen) atoms. The predicted molar refractivity (Wildman–Crippen MR) is 78.1 cm³/mol. The van der Waals surface area contributed by atoms with Gasteiger partial charge in [-0.3, -0.25) is 4.79 Å². The summed E-state index contributed by atoms with van der Waals surface area (Å²) in [6.45, 7) is 8.99. The lowest BCUT2D eigenvalue weighted by atomic mass is 9.75. The number of hydrogen-bond donors (Lipinski definition) is 1. The standard InChI is InChI=1S/C15H29N3O/c1-15(2)6-4-13(5-7-15)16-12-14(19)18-10-8-17(3)9-11-18/h13,16H,4-12H2,1-3H3. The second-order valence-electron chi connectivity index (χ2n) is 7.00. The van der Waals surface area contributed by atoms with Gasteiger partial charge in [0.05, 0.1) is 6.54 Å². The van der Waals surface area contributed by atoms with Gasteiger partial charge in [0.2, 0.25) is 5.91 Å². The highest BCUT2D eigenvalue weighted by molar-refractivity contribution is 5.78. The van der Waals surface area contributed by atoms with E-state index in [0.717, 1.165) is 26.2 Å². The van der Waals surface area contributed by atoms with Crippen LogP contribution >= 0.6 is 0 Å². The molecular weight excluding hydrogens is 238 g/mol. The zero-order valence-electron chi connectivity index (χ0n) is 12.7. The largest absolute Gasteiger partial charge is 0.339 e. The molecule has 0 aromatic heterocycles. The molecule has 4 nitrogen and oxygen atoms in total. The lowest BCUT2D eigenvalue weighted by molar-refractivity contribution is -0.132. The maximum absolute atomic E-state index is 12.1. The van der Waals surface area contributed by atoms with Crippen LogP contribution in [0.25, 0.3) is 0 Å². The maximum atomic E-state index is 12.1. The minimum absolute atomic E-state index is 0.276. The third-order valence-electron chi connectivity index (χ3n) is 4.74. The first kappa shape index (κ1) is 14.8. The lowest BCUT2D eigenvalue weighted by Crippen LogP contribution is -2.50. The zero-order valence-corrected chi connectivity index (χ0v) is 12.7. The quantitative estimate of drug-likeness (QED) is 0.838. The van der Waals surface area contributed by atoms with Gasteiger partial charge < -0.3 is 15.1 Å². The van der Waals surface area contributed by atoms with Crippen LogP contribution in [-0.4, -0.2) is 61.5 Å². The molecule has 1 amide bonds. The van der Waals surface area contributed by atoms with E-state index in [9.17, 15) is 4.79 Å². The van der Waals surface area contributed by atoms with Gasteiger partial charge in [0.25, 0.3) is 0 Å². The fourth-order valence-electron chi connectivity index (χ4n) is 3.00. The van der Waals surface area contributed by atoms with Crippen LogP contribution in [0.1, 0.15) is 39.5 Å². The summed E-state index contributed by atoms with van der Waals surface area (Å²) in [5.41, 5.74) is 0.500. The highest BCUT2D eigenvalue weighted by atomic mass is 16.2. The van der Waals surface area contributed by atoms with E-state index < -0.39 is 0 Å². The van der Waals surface area contributed by atoms with Crippen molar-refractivity contribution in [2.45, 2.75) is 45.6 Å². The fraction of sp³-hybridized carbons (Fsp3) is 0.933. The first-order valence-electron chi connectivity index (χ1n) is 7.66. The molecule has 0 atom stereocenters. The van der Waals surface area contributed by atoms with Crippen molar-refractivity contribution in [3.63, 3.8) is 0 Å². The van der Waals surface area contributed by atoms with Crippen LogP contribution in [0.15, 0.2) is 0 Å². The number of nitrogens with one attached hydrogen (secondary N) is 1. The van der Waals surface area contributed by atoms with Crippen molar-refractivity contribution in [3.05, 3.63) is 0 Å². The summed E-state index contributed by atoms with van der Waals surface area (Å²) in [5.74, 6) is 0.276. The molecule has 110 valence electrons. The van der Waals surface area contributed by atoms with Crippen molar-refractivity contribution in [1.82, 2.24) is 15.1 Å². The van der Waals surface area contributed by atoms with Crippen molar-refractivity contribution in [2.24, 2.45) is 5.41 Å². The number of nitrogens with zero attached hydrogens (tertiary/aromatic N) is 2. The fourth-order valence-corrected chi connectivity index (χ4v) is 3.00. The third-order valence-corrected chi connectivity index (χ3v) is 4.74. The van der Waals surface area contributed by atoms with Crippen LogP contribution in [0.4, 0.5) is 0 Å². The molecule has 1 saturated heterocycles. The van der Waals surface area contributed by atoms with Gasteiger partial charge in [0, 0.05) is 32.2 Å². The van der Waals surface area contributed by atoms with Crippen molar-refractivity contribution in [3.8, 4) is 0 Å². The third kappa shape index (κ3) is 4.46. The molecule has 0 radical (unpaired) electrons. The summed E-state index contributed by atoms with van der Waals surface area (Å²) in [4.78, 5) is 16.4. The van der Waals surface area contributed by atoms with Gasteiger partial charge in [-0.1, -0.05) is 13.8 Å². The van der Waals surface area contributed by atoms with E-state index in [1.165, 1.54) is 25.7 Å². The Hall–Kier alpha value is -0.610. The van der Waals surface area contributed by atoms with Crippen molar-refractivity contribution in [2.75, 3.05) is 39.8 Å². The summed E-state index contributed by atoms with van der Waals surface area (Å²) < 4.78 is 0. The van der Waals surface area contributed by atoms with E-state index in [-0.39, 0.29) is 5.91 Å². The van der Waals surface area contributed by atoms with Crippen molar-refractivity contribution in [1.29, 1.82) is 0 Å². The number of rotatable bonds is 3. The second kappa shape index (κ2) is 6.23. The molecule has 0 aromatic carbocycles. The smallest absolute Gasteiger partial charge is 0.236 e. The molecule has 1 N–H and O–H groups in total. The Kier molecular flexibility index (Phi) is 4.85. The molecule has 2 aliphatic rings. The molecule has 0 unspecified atom stereocenters. The van der Waals surface area contributed by atoms with Crippen molar-refractivity contribution < 1.29 is 4.79 Å². The molecule has 1 aliphatic carbocycles. The molecular formula is C15H29N3O. The van der Waals surface area contributed by atoms with Gasteiger partial charge in [-0.15, -0.1) is 0 Å². The molecule has 2 fully saturated rings. The summed E-state index contributed by atoms with van der Waals surface area (Å²) in [7, 11) is 2.11. The number of amides is 1. The van der Waals surface area contributed by atoms with Crippen LogP contribution in [0, 0.1) is 5.41 Å². The van der Waals surface area contributed by atoms with Crippen LogP contribution in [0.2, 0.25) is 0 Å². The number of carbonyl (C=O) groups excluding carboxylic acids is 1. The zero-order chi connectivity index (χ0) is 13.9. The number of piperazine rings is 1. The minimum atomic E-state index is 0.276. The van der Waals surface area contributed by atoms with Crippen LogP contribution < -0.4 is 5.32 Å². The van der Waals surface area contributed by atoms with Crippen LogP contribution in [0.5, 0.6) is 0 Å². The van der Waals surface area contributed by atoms with E-state index >= 15 is 0 Å². The average molecular weight is 267 g/mol. The lowest BCUT2D eigenvalue weighted by Gasteiger charge is -2.36. The minimum Gasteiger partial charge on any atom is -0.339 e. The Morgan fingerprint density at radius 1 is 1.16 bits per heavy atom. The SMILES string of the molecule is CN1CCN(C(=O)CNC2CCC(C)(C)CC2)CC1. The molecule has 1 saturated carbocycles. The highest BCUT2D eigenvalue weighted by Crippen LogP contribution is 2.34. The Morgan fingerprint density at radius 2 is 1.74 bits per heavy atom. The summed E-state index contributed by atoms with van der Waals surface area (Å²) in [6, 6.07) is 0.546. The van der Waals surface area contributed by atoms with Gasteiger partial charge in [-0.05, 0) is 38.1 Å². The summed E-state index contributed by atoms with van der Waals surface area (Å²) >= 11 is 0. The van der Waals surface area contributed by atoms with E-state index in [4.69, 9.17) is 0 Å². The van der Waals surface area contributed by atoms with Gasteiger partial charge in [-0.25, -0.2) is 0 Å². The van der Waals surface area contributed by atoms with Gasteiger partial charge in [0.15, 0.2) is 0 Å². The monoisotopic (exact) mass is 267 g/mol. The Labute approximate surface area is 117 Å². The predicted octanol–water partition coefficient (Wildman–Crippen LogP) is 1.32. The van der Waals surface area contributed by atoms with E-state index in [0.29, 0.717) is 18.0 Å². The average Bonchev–Trinajstić information content (AvgIpc) is 2.38. The van der Waals surface area contributed by atoms with E-state index in [1.54, 1.807) is 0 Å². The summed E-state index contributed by atoms with van der Waals surface area (Å²) in [6.07, 6.45) is 4.97. The Balaban J connectivity index is 1.67. The van der Waals surface area contributed by atoms with Gasteiger partial charge >= 0.3 is 0 Å². The Bertz CT molecular complexity index is 299. The first-order chi connectivity index (χ1) is 8.96. The first-order valence-corrected chi connectivity index (χ1v) is 7.66. The number of hydrogen-bond acceptors (Lipinski definition) is 3. The molecule has 0 aromatic rings. The van der Waals surface area contributed by atoms with E-state index in [1.807, 2.05) is 4.90 Å². The highest BCUT2D eigenvalue weighted by Gasteiger charge is 2.27. The maximum Gasteiger partial charge on any atom is 0.236 e. The topological polar surface area (TPSA) is 35.6 Å². The molecule has 4 heteroatoms.